The standard InChI is InChI=1S/C29H30ClN3O5/c1-36-16-15-32(29(35)24-9-4-5-10-25(24)30)19-28(34)33-27(20-11-13-22(37-2)14-12-20)18-26(31-33)21-7-6-8-23(17-21)38-3/h4-14,17,27H,15-16,18-19H2,1-3H3/t27-/m0/s1. The van der Waals surface area contributed by atoms with Gasteiger partial charge in [-0.05, 0) is 42.0 Å². The minimum absolute atomic E-state index is 0.186. The van der Waals surface area contributed by atoms with Gasteiger partial charge in [-0.15, -0.1) is 0 Å². The summed E-state index contributed by atoms with van der Waals surface area (Å²) in [5.41, 5.74) is 2.84. The third kappa shape index (κ3) is 6.15. The molecule has 0 aliphatic carbocycles. The Morgan fingerprint density at radius 2 is 1.71 bits per heavy atom. The maximum absolute atomic E-state index is 13.7. The third-order valence-electron chi connectivity index (χ3n) is 6.35. The van der Waals surface area contributed by atoms with Crippen LogP contribution in [0.3, 0.4) is 0 Å². The number of methoxy groups -OCH3 is 3. The van der Waals surface area contributed by atoms with Crippen LogP contribution in [0.5, 0.6) is 11.5 Å². The number of hydrogen-bond acceptors (Lipinski definition) is 6. The van der Waals surface area contributed by atoms with Crippen LogP contribution in [0.1, 0.15) is 33.9 Å². The molecule has 1 heterocycles. The molecule has 0 fully saturated rings. The van der Waals surface area contributed by atoms with Crippen LogP contribution in [-0.4, -0.2) is 68.5 Å². The molecular weight excluding hydrogens is 506 g/mol. The van der Waals surface area contributed by atoms with Crippen molar-refractivity contribution in [3.05, 3.63) is 94.5 Å². The van der Waals surface area contributed by atoms with E-state index in [9.17, 15) is 9.59 Å². The molecule has 3 aromatic rings. The summed E-state index contributed by atoms with van der Waals surface area (Å²) in [4.78, 5) is 28.5. The zero-order valence-corrected chi connectivity index (χ0v) is 22.4. The van der Waals surface area contributed by atoms with Crippen LogP contribution in [0.2, 0.25) is 5.02 Å². The van der Waals surface area contributed by atoms with Gasteiger partial charge in [-0.2, -0.15) is 5.10 Å². The van der Waals surface area contributed by atoms with Gasteiger partial charge in [0.25, 0.3) is 11.8 Å². The van der Waals surface area contributed by atoms with E-state index in [1.807, 2.05) is 48.5 Å². The number of halogens is 1. The Hall–Kier alpha value is -3.88. The number of ether oxygens (including phenoxy) is 3. The van der Waals surface area contributed by atoms with Crippen LogP contribution in [0.4, 0.5) is 0 Å². The summed E-state index contributed by atoms with van der Waals surface area (Å²) in [6.45, 7) is 0.304. The van der Waals surface area contributed by atoms with Gasteiger partial charge < -0.3 is 19.1 Å². The summed E-state index contributed by atoms with van der Waals surface area (Å²) < 4.78 is 15.9. The van der Waals surface area contributed by atoms with Crippen LogP contribution in [0.25, 0.3) is 0 Å². The smallest absolute Gasteiger partial charge is 0.262 e. The Balaban J connectivity index is 1.65. The summed E-state index contributed by atoms with van der Waals surface area (Å²) in [5.74, 6) is 0.750. The predicted octanol–water partition coefficient (Wildman–Crippen LogP) is 4.82. The number of amides is 2. The van der Waals surface area contributed by atoms with E-state index in [1.165, 1.54) is 9.91 Å². The van der Waals surface area contributed by atoms with E-state index >= 15 is 0 Å². The zero-order chi connectivity index (χ0) is 27.1. The molecule has 9 heteroatoms. The van der Waals surface area contributed by atoms with Crippen molar-refractivity contribution in [2.75, 3.05) is 41.0 Å². The van der Waals surface area contributed by atoms with E-state index in [0.29, 0.717) is 22.8 Å². The Kier molecular flexibility index (Phi) is 8.99. The molecular formula is C29H30ClN3O5. The summed E-state index contributed by atoms with van der Waals surface area (Å²) in [5, 5.41) is 6.53. The molecule has 0 bridgehead atoms. The summed E-state index contributed by atoms with van der Waals surface area (Å²) in [6.07, 6.45) is 0.502. The van der Waals surface area contributed by atoms with E-state index in [-0.39, 0.29) is 37.6 Å². The summed E-state index contributed by atoms with van der Waals surface area (Å²) >= 11 is 6.28. The van der Waals surface area contributed by atoms with Crippen LogP contribution >= 0.6 is 11.6 Å². The number of hydrogen-bond donors (Lipinski definition) is 0. The molecule has 2 amide bonds. The van der Waals surface area contributed by atoms with Crippen molar-refractivity contribution in [1.82, 2.24) is 9.91 Å². The Morgan fingerprint density at radius 1 is 0.974 bits per heavy atom. The highest BCUT2D eigenvalue weighted by Gasteiger charge is 2.35. The normalized spacial score (nSPS) is 14.7. The van der Waals surface area contributed by atoms with Crippen LogP contribution in [0.15, 0.2) is 77.9 Å². The van der Waals surface area contributed by atoms with E-state index in [4.69, 9.17) is 30.9 Å². The molecule has 1 atom stereocenters. The maximum Gasteiger partial charge on any atom is 0.262 e. The van der Waals surface area contributed by atoms with E-state index in [2.05, 4.69) is 0 Å². The van der Waals surface area contributed by atoms with Crippen molar-refractivity contribution in [2.45, 2.75) is 12.5 Å². The fraction of sp³-hybridized carbons (Fsp3) is 0.276. The largest absolute Gasteiger partial charge is 0.497 e. The predicted molar refractivity (Wildman–Crippen MR) is 146 cm³/mol. The highest BCUT2D eigenvalue weighted by Crippen LogP contribution is 2.34. The molecule has 1 aliphatic rings. The second-order valence-corrected chi connectivity index (χ2v) is 9.12. The number of carbonyl (C=O) groups is 2. The lowest BCUT2D eigenvalue weighted by atomic mass is 9.98. The maximum atomic E-state index is 13.7. The summed E-state index contributed by atoms with van der Waals surface area (Å²) in [6, 6.07) is 21.6. The molecule has 1 aliphatic heterocycles. The van der Waals surface area contributed by atoms with Gasteiger partial charge in [0, 0.05) is 25.6 Å². The van der Waals surface area contributed by atoms with E-state index in [1.54, 1.807) is 45.6 Å². The van der Waals surface area contributed by atoms with Gasteiger partial charge in [-0.25, -0.2) is 5.01 Å². The molecule has 0 unspecified atom stereocenters. The minimum atomic E-state index is -0.353. The van der Waals surface area contributed by atoms with Crippen molar-refractivity contribution in [1.29, 1.82) is 0 Å². The van der Waals surface area contributed by atoms with E-state index < -0.39 is 0 Å². The highest BCUT2D eigenvalue weighted by molar-refractivity contribution is 6.33. The highest BCUT2D eigenvalue weighted by atomic mass is 35.5. The molecule has 3 aromatic carbocycles. The lowest BCUT2D eigenvalue weighted by Gasteiger charge is -2.27. The van der Waals surface area contributed by atoms with Gasteiger partial charge in [-0.3, -0.25) is 9.59 Å². The van der Waals surface area contributed by atoms with Gasteiger partial charge in [0.05, 0.1) is 43.2 Å². The third-order valence-corrected chi connectivity index (χ3v) is 6.68. The average molecular weight is 536 g/mol. The molecule has 38 heavy (non-hydrogen) atoms. The molecule has 0 saturated heterocycles. The SMILES string of the molecule is COCCN(CC(=O)N1N=C(c2cccc(OC)c2)C[C@H]1c1ccc(OC)cc1)C(=O)c1ccccc1Cl. The van der Waals surface area contributed by atoms with Crippen LogP contribution in [-0.2, 0) is 9.53 Å². The zero-order valence-electron chi connectivity index (χ0n) is 21.6. The van der Waals surface area contributed by atoms with Crippen LogP contribution < -0.4 is 9.47 Å². The molecule has 198 valence electrons. The average Bonchev–Trinajstić information content (AvgIpc) is 3.41. The Labute approximate surface area is 227 Å². The summed E-state index contributed by atoms with van der Waals surface area (Å²) in [7, 11) is 4.76. The molecule has 0 spiro atoms. The van der Waals surface area contributed by atoms with E-state index in [0.717, 1.165) is 22.6 Å². The van der Waals surface area contributed by atoms with Crippen molar-refractivity contribution < 1.29 is 23.8 Å². The number of nitrogens with zero attached hydrogens (tertiary/aromatic N) is 3. The number of carbonyl (C=O) groups excluding carboxylic acids is 2. The molecule has 8 nitrogen and oxygen atoms in total. The second-order valence-electron chi connectivity index (χ2n) is 8.71. The number of rotatable bonds is 10. The van der Waals surface area contributed by atoms with Gasteiger partial charge in [0.2, 0.25) is 0 Å². The van der Waals surface area contributed by atoms with Crippen molar-refractivity contribution >= 4 is 29.1 Å². The molecule has 0 aromatic heterocycles. The lowest BCUT2D eigenvalue weighted by Crippen LogP contribution is -2.42. The fourth-order valence-corrected chi connectivity index (χ4v) is 4.51. The lowest BCUT2D eigenvalue weighted by molar-refractivity contribution is -0.133. The fourth-order valence-electron chi connectivity index (χ4n) is 4.30. The Morgan fingerprint density at radius 3 is 2.39 bits per heavy atom. The van der Waals surface area contributed by atoms with Crippen molar-refractivity contribution in [3.63, 3.8) is 0 Å². The van der Waals surface area contributed by atoms with Crippen LogP contribution in [0, 0.1) is 0 Å². The van der Waals surface area contributed by atoms with Crippen molar-refractivity contribution in [3.8, 4) is 11.5 Å². The quantitative estimate of drug-likeness (QED) is 0.372. The minimum Gasteiger partial charge on any atom is -0.497 e. The monoisotopic (exact) mass is 535 g/mol. The second kappa shape index (κ2) is 12.6. The molecule has 0 N–H and O–H groups in total. The number of benzene rings is 3. The van der Waals surface area contributed by atoms with Gasteiger partial charge >= 0.3 is 0 Å². The molecule has 0 saturated carbocycles. The van der Waals surface area contributed by atoms with Gasteiger partial charge in [0.15, 0.2) is 0 Å². The van der Waals surface area contributed by atoms with Gasteiger partial charge in [0.1, 0.15) is 18.0 Å². The van der Waals surface area contributed by atoms with Crippen molar-refractivity contribution in [2.24, 2.45) is 5.10 Å². The first kappa shape index (κ1) is 27.2. The molecule has 4 rings (SSSR count). The molecule has 0 radical (unpaired) electrons. The van der Waals surface area contributed by atoms with Gasteiger partial charge in [-0.1, -0.05) is 48.0 Å². The number of hydrazone groups is 1. The Bertz CT molecular complexity index is 1310. The first-order valence-electron chi connectivity index (χ1n) is 12.2. The first-order valence-corrected chi connectivity index (χ1v) is 12.5. The first-order chi connectivity index (χ1) is 18.4. The topological polar surface area (TPSA) is 80.7 Å².